The summed E-state index contributed by atoms with van der Waals surface area (Å²) in [6.45, 7) is 4.33. The molecule has 1 aromatic carbocycles. The number of benzene rings is 1. The first-order valence-electron chi connectivity index (χ1n) is 7.32. The molecule has 0 saturated carbocycles. The molecule has 3 rings (SSSR count). The molecule has 118 valence electrons. The molecular weight excluding hydrogens is 310 g/mol. The van der Waals surface area contributed by atoms with E-state index in [2.05, 4.69) is 15.0 Å². The Morgan fingerprint density at radius 1 is 1.17 bits per heavy atom. The summed E-state index contributed by atoms with van der Waals surface area (Å²) in [7, 11) is 0. The minimum absolute atomic E-state index is 0.147. The smallest absolute Gasteiger partial charge is 0.261 e. The summed E-state index contributed by atoms with van der Waals surface area (Å²) in [5.41, 5.74) is 2.10. The second-order valence-electron chi connectivity index (χ2n) is 5.16. The molecule has 3 aromatic rings. The SMILES string of the molecule is Cc1cc(C)c2c(=O)[nH]c(SCCOc3ccccc3)nc2n1. The Morgan fingerprint density at radius 3 is 2.74 bits per heavy atom. The van der Waals surface area contributed by atoms with Gasteiger partial charge in [-0.1, -0.05) is 30.0 Å². The van der Waals surface area contributed by atoms with E-state index in [9.17, 15) is 4.79 Å². The van der Waals surface area contributed by atoms with Gasteiger partial charge in [-0.2, -0.15) is 0 Å². The number of aryl methyl sites for hydroxylation is 2. The molecule has 0 bridgehead atoms. The highest BCUT2D eigenvalue weighted by Crippen LogP contribution is 2.17. The Hall–Kier alpha value is -2.34. The van der Waals surface area contributed by atoms with E-state index >= 15 is 0 Å². The van der Waals surface area contributed by atoms with Crippen molar-refractivity contribution in [3.05, 3.63) is 58.0 Å². The van der Waals surface area contributed by atoms with E-state index in [1.54, 1.807) is 0 Å². The van der Waals surface area contributed by atoms with Gasteiger partial charge >= 0.3 is 0 Å². The molecule has 2 aromatic heterocycles. The van der Waals surface area contributed by atoms with Crippen molar-refractivity contribution in [1.29, 1.82) is 0 Å². The highest BCUT2D eigenvalue weighted by atomic mass is 32.2. The minimum atomic E-state index is -0.147. The van der Waals surface area contributed by atoms with Crippen molar-refractivity contribution in [2.75, 3.05) is 12.4 Å². The molecule has 0 atom stereocenters. The number of hydrogen-bond acceptors (Lipinski definition) is 5. The summed E-state index contributed by atoms with van der Waals surface area (Å²) in [5.74, 6) is 1.52. The lowest BCUT2D eigenvalue weighted by molar-refractivity contribution is 0.344. The van der Waals surface area contributed by atoms with Crippen LogP contribution in [0.3, 0.4) is 0 Å². The highest BCUT2D eigenvalue weighted by Gasteiger charge is 2.09. The van der Waals surface area contributed by atoms with Crippen LogP contribution in [0.25, 0.3) is 11.0 Å². The van der Waals surface area contributed by atoms with Gasteiger partial charge in [-0.3, -0.25) is 4.79 Å². The largest absolute Gasteiger partial charge is 0.493 e. The summed E-state index contributed by atoms with van der Waals surface area (Å²) in [4.78, 5) is 23.8. The molecule has 5 nitrogen and oxygen atoms in total. The molecule has 0 aliphatic heterocycles. The highest BCUT2D eigenvalue weighted by molar-refractivity contribution is 7.99. The molecule has 1 N–H and O–H groups in total. The van der Waals surface area contributed by atoms with Gasteiger partial charge in [0.05, 0.1) is 12.0 Å². The van der Waals surface area contributed by atoms with Crippen LogP contribution in [-0.4, -0.2) is 27.3 Å². The molecule has 6 heteroatoms. The molecule has 2 heterocycles. The van der Waals surface area contributed by atoms with Gasteiger partial charge in [-0.15, -0.1) is 0 Å². The second-order valence-corrected chi connectivity index (χ2v) is 6.24. The van der Waals surface area contributed by atoms with Crippen LogP contribution in [0.5, 0.6) is 5.75 Å². The average molecular weight is 327 g/mol. The third-order valence-electron chi connectivity index (χ3n) is 3.31. The Balaban J connectivity index is 1.70. The molecule has 0 spiro atoms. The Bertz CT molecular complexity index is 878. The molecule has 0 aliphatic carbocycles. The summed E-state index contributed by atoms with van der Waals surface area (Å²) in [5, 5.41) is 1.12. The van der Waals surface area contributed by atoms with Gasteiger partial charge in [0.2, 0.25) is 0 Å². The van der Waals surface area contributed by atoms with Crippen molar-refractivity contribution in [3.8, 4) is 5.75 Å². The van der Waals surface area contributed by atoms with E-state index in [4.69, 9.17) is 4.74 Å². The number of nitrogens with zero attached hydrogens (tertiary/aromatic N) is 2. The number of H-pyrrole nitrogens is 1. The zero-order valence-corrected chi connectivity index (χ0v) is 13.8. The van der Waals surface area contributed by atoms with E-state index in [0.29, 0.717) is 28.5 Å². The van der Waals surface area contributed by atoms with Crippen molar-refractivity contribution in [2.45, 2.75) is 19.0 Å². The van der Waals surface area contributed by atoms with Crippen LogP contribution in [0.4, 0.5) is 0 Å². The number of thioether (sulfide) groups is 1. The lowest BCUT2D eigenvalue weighted by atomic mass is 10.2. The van der Waals surface area contributed by atoms with Crippen molar-refractivity contribution >= 4 is 22.8 Å². The van der Waals surface area contributed by atoms with Crippen LogP contribution in [0.15, 0.2) is 46.3 Å². The van der Waals surface area contributed by atoms with Crippen LogP contribution < -0.4 is 10.3 Å². The fourth-order valence-electron chi connectivity index (χ4n) is 2.35. The van der Waals surface area contributed by atoms with Crippen LogP contribution in [0.1, 0.15) is 11.3 Å². The molecular formula is C17H17N3O2S. The Kier molecular flexibility index (Phi) is 4.62. The Labute approximate surface area is 138 Å². The predicted molar refractivity (Wildman–Crippen MR) is 92.3 cm³/mol. The number of nitrogens with one attached hydrogen (secondary N) is 1. The molecule has 0 radical (unpaired) electrons. The molecule has 0 saturated heterocycles. The van der Waals surface area contributed by atoms with Crippen LogP contribution in [0.2, 0.25) is 0 Å². The quantitative estimate of drug-likeness (QED) is 0.443. The second kappa shape index (κ2) is 6.83. The number of para-hydroxylation sites is 1. The number of pyridine rings is 1. The number of fused-ring (bicyclic) bond motifs is 1. The average Bonchev–Trinajstić information content (AvgIpc) is 2.51. The van der Waals surface area contributed by atoms with E-state index in [1.807, 2.05) is 50.2 Å². The van der Waals surface area contributed by atoms with Gasteiger partial charge in [0.25, 0.3) is 5.56 Å². The van der Waals surface area contributed by atoms with Gasteiger partial charge < -0.3 is 9.72 Å². The van der Waals surface area contributed by atoms with Crippen LogP contribution >= 0.6 is 11.8 Å². The zero-order valence-electron chi connectivity index (χ0n) is 13.0. The van der Waals surface area contributed by atoms with Crippen LogP contribution in [0, 0.1) is 13.8 Å². The lowest BCUT2D eigenvalue weighted by Crippen LogP contribution is -2.12. The van der Waals surface area contributed by atoms with Crippen LogP contribution in [-0.2, 0) is 0 Å². The summed E-state index contributed by atoms with van der Waals surface area (Å²) in [6.07, 6.45) is 0. The molecule has 0 amide bonds. The number of hydrogen-bond donors (Lipinski definition) is 1. The van der Waals surface area contributed by atoms with Gasteiger partial charge in [0, 0.05) is 11.4 Å². The summed E-state index contributed by atoms with van der Waals surface area (Å²) in [6, 6.07) is 11.5. The lowest BCUT2D eigenvalue weighted by Gasteiger charge is -2.07. The monoisotopic (exact) mass is 327 g/mol. The molecule has 0 aliphatic rings. The number of ether oxygens (including phenoxy) is 1. The van der Waals surface area contributed by atoms with Gasteiger partial charge in [0.15, 0.2) is 10.8 Å². The van der Waals surface area contributed by atoms with E-state index in [-0.39, 0.29) is 5.56 Å². The maximum Gasteiger partial charge on any atom is 0.261 e. The van der Waals surface area contributed by atoms with Crippen molar-refractivity contribution < 1.29 is 4.74 Å². The zero-order chi connectivity index (χ0) is 16.2. The van der Waals surface area contributed by atoms with Crippen molar-refractivity contribution in [2.24, 2.45) is 0 Å². The number of rotatable bonds is 5. The summed E-state index contributed by atoms with van der Waals surface area (Å²) < 4.78 is 5.63. The van der Waals surface area contributed by atoms with E-state index in [0.717, 1.165) is 17.0 Å². The third-order valence-corrected chi connectivity index (χ3v) is 4.15. The topological polar surface area (TPSA) is 67.9 Å². The molecule has 0 fully saturated rings. The molecule has 0 unspecified atom stereocenters. The number of aromatic amines is 1. The van der Waals surface area contributed by atoms with Gasteiger partial charge in [-0.05, 0) is 37.6 Å². The fourth-order valence-corrected chi connectivity index (χ4v) is 3.02. The third kappa shape index (κ3) is 3.71. The normalized spacial score (nSPS) is 10.9. The van der Waals surface area contributed by atoms with Gasteiger partial charge in [-0.25, -0.2) is 9.97 Å². The molecule has 23 heavy (non-hydrogen) atoms. The predicted octanol–water partition coefficient (Wildman–Crippen LogP) is 3.11. The fraction of sp³-hybridized carbons (Fsp3) is 0.235. The first-order valence-corrected chi connectivity index (χ1v) is 8.31. The standard InChI is InChI=1S/C17H17N3O2S/c1-11-10-12(2)18-15-14(11)16(21)20-17(19-15)23-9-8-22-13-6-4-3-5-7-13/h3-7,10H,8-9H2,1-2H3,(H,18,19,20,21). The first kappa shape index (κ1) is 15.6. The van der Waals surface area contributed by atoms with Crippen molar-refractivity contribution in [3.63, 3.8) is 0 Å². The first-order chi connectivity index (χ1) is 11.1. The number of aromatic nitrogens is 3. The van der Waals surface area contributed by atoms with E-state index in [1.165, 1.54) is 11.8 Å². The van der Waals surface area contributed by atoms with Crippen molar-refractivity contribution in [1.82, 2.24) is 15.0 Å². The Morgan fingerprint density at radius 2 is 1.96 bits per heavy atom. The van der Waals surface area contributed by atoms with Gasteiger partial charge in [0.1, 0.15) is 5.75 Å². The summed E-state index contributed by atoms with van der Waals surface area (Å²) >= 11 is 1.45. The minimum Gasteiger partial charge on any atom is -0.493 e. The maximum absolute atomic E-state index is 12.2. The van der Waals surface area contributed by atoms with E-state index < -0.39 is 0 Å². The maximum atomic E-state index is 12.2.